The molecule has 28 heavy (non-hydrogen) atoms. The standard InChI is InChI=1S/C20H22N2O5S/c1-14-7-11-17(12-8-14)28(25,26)21-13-18(23)27-19(15-5-3-2-4-6-15)20(24)22-16-9-10-16/h2-8,11-12,16,19,21H,9-10,13H2,1H3,(H,22,24)/t19-/m1/s1. The SMILES string of the molecule is Cc1ccc(S(=O)(=O)NCC(=O)O[C@@H](C(=O)NC2CC2)c2ccccc2)cc1. The first-order chi connectivity index (χ1) is 13.3. The Balaban J connectivity index is 1.64. The minimum absolute atomic E-state index is 0.0528. The summed E-state index contributed by atoms with van der Waals surface area (Å²) in [7, 11) is -3.85. The summed E-state index contributed by atoms with van der Waals surface area (Å²) in [6.45, 7) is 1.27. The second-order valence-electron chi connectivity index (χ2n) is 6.70. The van der Waals surface area contributed by atoms with Crippen LogP contribution in [0.3, 0.4) is 0 Å². The molecule has 0 aromatic heterocycles. The fourth-order valence-corrected chi connectivity index (χ4v) is 3.50. The van der Waals surface area contributed by atoms with Crippen LogP contribution < -0.4 is 10.0 Å². The lowest BCUT2D eigenvalue weighted by molar-refractivity contribution is -0.155. The Hall–Kier alpha value is -2.71. The Morgan fingerprint density at radius 1 is 1.07 bits per heavy atom. The molecule has 1 amide bonds. The number of nitrogens with one attached hydrogen (secondary N) is 2. The van der Waals surface area contributed by atoms with E-state index in [1.807, 2.05) is 6.92 Å². The van der Waals surface area contributed by atoms with Crippen molar-refractivity contribution in [3.8, 4) is 0 Å². The lowest BCUT2D eigenvalue weighted by atomic mass is 10.1. The highest BCUT2D eigenvalue weighted by Crippen LogP contribution is 2.23. The highest BCUT2D eigenvalue weighted by molar-refractivity contribution is 7.89. The summed E-state index contributed by atoms with van der Waals surface area (Å²) in [5.41, 5.74) is 1.45. The molecule has 1 fully saturated rings. The van der Waals surface area contributed by atoms with E-state index in [4.69, 9.17) is 4.74 Å². The quantitative estimate of drug-likeness (QED) is 0.656. The zero-order valence-corrected chi connectivity index (χ0v) is 16.2. The molecule has 0 radical (unpaired) electrons. The fraction of sp³-hybridized carbons (Fsp3) is 0.300. The maximum atomic E-state index is 12.5. The van der Waals surface area contributed by atoms with Crippen LogP contribution in [0, 0.1) is 6.92 Å². The van der Waals surface area contributed by atoms with Crippen LogP contribution in [0.25, 0.3) is 0 Å². The number of hydrogen-bond donors (Lipinski definition) is 2. The second-order valence-corrected chi connectivity index (χ2v) is 8.47. The van der Waals surface area contributed by atoms with Crippen LogP contribution in [0.5, 0.6) is 0 Å². The zero-order chi connectivity index (χ0) is 20.1. The van der Waals surface area contributed by atoms with E-state index >= 15 is 0 Å². The summed E-state index contributed by atoms with van der Waals surface area (Å²) in [5.74, 6) is -1.25. The first-order valence-electron chi connectivity index (χ1n) is 8.96. The van der Waals surface area contributed by atoms with Crippen molar-refractivity contribution in [1.82, 2.24) is 10.0 Å². The minimum atomic E-state index is -3.85. The van der Waals surface area contributed by atoms with Gasteiger partial charge in [0.25, 0.3) is 5.91 Å². The number of hydrogen-bond acceptors (Lipinski definition) is 5. The number of esters is 1. The van der Waals surface area contributed by atoms with E-state index in [1.165, 1.54) is 12.1 Å². The molecule has 0 unspecified atom stereocenters. The smallest absolute Gasteiger partial charge is 0.322 e. The molecule has 0 aliphatic heterocycles. The van der Waals surface area contributed by atoms with Gasteiger partial charge in [-0.05, 0) is 31.9 Å². The number of rotatable bonds is 8. The highest BCUT2D eigenvalue weighted by Gasteiger charge is 2.31. The summed E-state index contributed by atoms with van der Waals surface area (Å²) >= 11 is 0. The number of benzene rings is 2. The van der Waals surface area contributed by atoms with Gasteiger partial charge in [0, 0.05) is 11.6 Å². The Bertz CT molecular complexity index is 938. The van der Waals surface area contributed by atoms with E-state index in [9.17, 15) is 18.0 Å². The first-order valence-corrected chi connectivity index (χ1v) is 10.4. The van der Waals surface area contributed by atoms with Crippen LogP contribution in [0.2, 0.25) is 0 Å². The molecule has 1 saturated carbocycles. The van der Waals surface area contributed by atoms with Crippen molar-refractivity contribution in [1.29, 1.82) is 0 Å². The van der Waals surface area contributed by atoms with E-state index in [0.717, 1.165) is 18.4 Å². The van der Waals surface area contributed by atoms with Gasteiger partial charge in [0.1, 0.15) is 6.54 Å². The number of amides is 1. The average molecular weight is 402 g/mol. The Morgan fingerprint density at radius 3 is 2.32 bits per heavy atom. The van der Waals surface area contributed by atoms with Crippen LogP contribution in [0.15, 0.2) is 59.5 Å². The zero-order valence-electron chi connectivity index (χ0n) is 15.4. The third-order valence-corrected chi connectivity index (χ3v) is 5.67. The second kappa shape index (κ2) is 8.53. The van der Waals surface area contributed by atoms with E-state index in [1.54, 1.807) is 42.5 Å². The predicted octanol–water partition coefficient (Wildman–Crippen LogP) is 1.84. The third-order valence-electron chi connectivity index (χ3n) is 4.25. The predicted molar refractivity (Wildman–Crippen MR) is 103 cm³/mol. The number of sulfonamides is 1. The maximum absolute atomic E-state index is 12.5. The van der Waals surface area contributed by atoms with Gasteiger partial charge in [0.05, 0.1) is 4.90 Å². The van der Waals surface area contributed by atoms with Gasteiger partial charge in [0.15, 0.2) is 0 Å². The van der Waals surface area contributed by atoms with Crippen molar-refractivity contribution >= 4 is 21.9 Å². The molecule has 148 valence electrons. The van der Waals surface area contributed by atoms with Crippen LogP contribution >= 0.6 is 0 Å². The number of ether oxygens (including phenoxy) is 1. The fourth-order valence-electron chi connectivity index (χ4n) is 2.53. The van der Waals surface area contributed by atoms with E-state index in [-0.39, 0.29) is 10.9 Å². The third kappa shape index (κ3) is 5.40. The molecule has 8 heteroatoms. The molecule has 0 saturated heterocycles. The molecule has 1 aliphatic rings. The molecule has 0 bridgehead atoms. The summed E-state index contributed by atoms with van der Waals surface area (Å²) < 4.78 is 32.1. The van der Waals surface area contributed by atoms with Gasteiger partial charge in [-0.2, -0.15) is 4.72 Å². The monoisotopic (exact) mass is 402 g/mol. The molecule has 0 spiro atoms. The lowest BCUT2D eigenvalue weighted by Crippen LogP contribution is -2.36. The Kier molecular flexibility index (Phi) is 6.11. The van der Waals surface area contributed by atoms with Crippen LogP contribution in [0.4, 0.5) is 0 Å². The molecule has 1 atom stereocenters. The molecular formula is C20H22N2O5S. The van der Waals surface area contributed by atoms with Crippen LogP contribution in [0.1, 0.15) is 30.1 Å². The van der Waals surface area contributed by atoms with Crippen LogP contribution in [-0.2, 0) is 24.3 Å². The maximum Gasteiger partial charge on any atom is 0.322 e. The van der Waals surface area contributed by atoms with Crippen molar-refractivity contribution in [2.24, 2.45) is 0 Å². The molecule has 3 rings (SSSR count). The van der Waals surface area contributed by atoms with Crippen LogP contribution in [-0.4, -0.2) is 32.9 Å². The van der Waals surface area contributed by atoms with Crippen molar-refractivity contribution < 1.29 is 22.7 Å². The molecule has 7 nitrogen and oxygen atoms in total. The normalized spacial score (nSPS) is 14.9. The van der Waals surface area contributed by atoms with Gasteiger partial charge in [-0.15, -0.1) is 0 Å². The first kappa shape index (κ1) is 20.0. The number of carbonyl (C=O) groups is 2. The molecule has 2 aromatic carbocycles. The minimum Gasteiger partial charge on any atom is -0.446 e. The van der Waals surface area contributed by atoms with Gasteiger partial charge in [-0.25, -0.2) is 8.42 Å². The van der Waals surface area contributed by atoms with Gasteiger partial charge < -0.3 is 10.1 Å². The summed E-state index contributed by atoms with van der Waals surface area (Å²) in [4.78, 5) is 24.7. The summed E-state index contributed by atoms with van der Waals surface area (Å²) in [5, 5.41) is 2.81. The van der Waals surface area contributed by atoms with Crippen molar-refractivity contribution in [2.75, 3.05) is 6.54 Å². The van der Waals surface area contributed by atoms with Gasteiger partial charge in [-0.1, -0.05) is 48.0 Å². The molecule has 1 aliphatic carbocycles. The van der Waals surface area contributed by atoms with E-state index in [0.29, 0.717) is 5.56 Å². The van der Waals surface area contributed by atoms with Gasteiger partial charge >= 0.3 is 5.97 Å². The molecule has 0 heterocycles. The topological polar surface area (TPSA) is 102 Å². The largest absolute Gasteiger partial charge is 0.446 e. The Morgan fingerprint density at radius 2 is 1.71 bits per heavy atom. The lowest BCUT2D eigenvalue weighted by Gasteiger charge is -2.18. The van der Waals surface area contributed by atoms with Crippen molar-refractivity contribution in [3.63, 3.8) is 0 Å². The van der Waals surface area contributed by atoms with Crippen molar-refractivity contribution in [2.45, 2.75) is 36.8 Å². The molecule has 2 N–H and O–H groups in total. The number of carbonyl (C=O) groups excluding carboxylic acids is 2. The highest BCUT2D eigenvalue weighted by atomic mass is 32.2. The van der Waals surface area contributed by atoms with Gasteiger partial charge in [-0.3, -0.25) is 9.59 Å². The Labute approximate surface area is 164 Å². The number of aryl methyl sites for hydroxylation is 1. The average Bonchev–Trinajstić information content (AvgIpc) is 3.49. The van der Waals surface area contributed by atoms with E-state index < -0.39 is 34.5 Å². The molecular weight excluding hydrogens is 380 g/mol. The molecule has 2 aromatic rings. The van der Waals surface area contributed by atoms with Gasteiger partial charge in [0.2, 0.25) is 16.1 Å². The van der Waals surface area contributed by atoms with E-state index in [2.05, 4.69) is 10.0 Å². The van der Waals surface area contributed by atoms with Crippen molar-refractivity contribution in [3.05, 3.63) is 65.7 Å². The summed E-state index contributed by atoms with van der Waals surface area (Å²) in [6, 6.07) is 15.0. The summed E-state index contributed by atoms with van der Waals surface area (Å²) in [6.07, 6.45) is 0.674.